The van der Waals surface area contributed by atoms with E-state index in [0.717, 1.165) is 5.69 Å². The van der Waals surface area contributed by atoms with Gasteiger partial charge in [0.1, 0.15) is 5.75 Å². The van der Waals surface area contributed by atoms with E-state index in [4.69, 9.17) is 4.74 Å². The summed E-state index contributed by atoms with van der Waals surface area (Å²) in [5.41, 5.74) is 0.815. The Morgan fingerprint density at radius 3 is 2.22 bits per heavy atom. The lowest BCUT2D eigenvalue weighted by atomic mass is 10.3. The highest BCUT2D eigenvalue weighted by atomic mass is 16.5. The molecule has 1 N–H and O–H groups in total. The van der Waals surface area contributed by atoms with Crippen LogP contribution in [0, 0.1) is 0 Å². The number of ether oxygens (including phenoxy) is 1. The lowest BCUT2D eigenvalue weighted by molar-refractivity contribution is -0.123. The fourth-order valence-corrected chi connectivity index (χ4v) is 2.10. The first kappa shape index (κ1) is 16.5. The van der Waals surface area contributed by atoms with Gasteiger partial charge in [0.05, 0.1) is 0 Å². The summed E-state index contributed by atoms with van der Waals surface area (Å²) in [4.78, 5) is 25.1. The highest BCUT2D eigenvalue weighted by Gasteiger charge is 2.11. The molecule has 23 heavy (non-hydrogen) atoms. The summed E-state index contributed by atoms with van der Waals surface area (Å²) in [7, 11) is 0. The normalized spacial score (nSPS) is 9.96. The van der Waals surface area contributed by atoms with Crippen LogP contribution in [-0.4, -0.2) is 31.5 Å². The summed E-state index contributed by atoms with van der Waals surface area (Å²) < 4.78 is 5.36. The zero-order valence-electron chi connectivity index (χ0n) is 13.1. The van der Waals surface area contributed by atoms with Crippen molar-refractivity contribution >= 4 is 17.5 Å². The number of nitrogens with zero attached hydrogens (tertiary/aromatic N) is 1. The van der Waals surface area contributed by atoms with Crippen LogP contribution in [0.4, 0.5) is 5.69 Å². The Bertz CT molecular complexity index is 629. The quantitative estimate of drug-likeness (QED) is 0.853. The number of hydrogen-bond donors (Lipinski definition) is 1. The number of hydrogen-bond acceptors (Lipinski definition) is 3. The average Bonchev–Trinajstić information content (AvgIpc) is 2.58. The van der Waals surface area contributed by atoms with Crippen LogP contribution in [0.15, 0.2) is 60.7 Å². The third-order valence-electron chi connectivity index (χ3n) is 3.22. The summed E-state index contributed by atoms with van der Waals surface area (Å²) in [6.45, 7) is 2.24. The lowest BCUT2D eigenvalue weighted by Crippen LogP contribution is -2.39. The molecule has 5 heteroatoms. The van der Waals surface area contributed by atoms with Crippen molar-refractivity contribution in [3.8, 4) is 5.75 Å². The predicted molar refractivity (Wildman–Crippen MR) is 89.4 cm³/mol. The van der Waals surface area contributed by atoms with E-state index >= 15 is 0 Å². The summed E-state index contributed by atoms with van der Waals surface area (Å²) in [5, 5.41) is 2.75. The number of carbonyl (C=O) groups is 2. The maximum absolute atomic E-state index is 11.8. The molecular weight excluding hydrogens is 292 g/mol. The van der Waals surface area contributed by atoms with E-state index in [1.165, 1.54) is 6.92 Å². The highest BCUT2D eigenvalue weighted by molar-refractivity contribution is 5.91. The van der Waals surface area contributed by atoms with Crippen molar-refractivity contribution in [3.05, 3.63) is 60.7 Å². The zero-order chi connectivity index (χ0) is 16.5. The summed E-state index contributed by atoms with van der Waals surface area (Å²) >= 11 is 0. The molecule has 0 radical (unpaired) electrons. The van der Waals surface area contributed by atoms with Crippen LogP contribution in [0.2, 0.25) is 0 Å². The van der Waals surface area contributed by atoms with Gasteiger partial charge >= 0.3 is 0 Å². The average molecular weight is 312 g/mol. The Hall–Kier alpha value is -2.82. The largest absolute Gasteiger partial charge is 0.484 e. The number of anilines is 1. The fraction of sp³-hybridized carbons (Fsp3) is 0.222. The smallest absolute Gasteiger partial charge is 0.258 e. The molecule has 2 aromatic carbocycles. The topological polar surface area (TPSA) is 58.6 Å². The molecule has 0 saturated carbocycles. The van der Waals surface area contributed by atoms with Gasteiger partial charge in [-0.3, -0.25) is 9.59 Å². The molecule has 0 unspecified atom stereocenters. The maximum Gasteiger partial charge on any atom is 0.258 e. The Labute approximate surface area is 135 Å². The zero-order valence-corrected chi connectivity index (χ0v) is 13.1. The number of amides is 2. The van der Waals surface area contributed by atoms with E-state index < -0.39 is 0 Å². The SMILES string of the molecule is CC(=O)N(CCNC(=O)COc1ccccc1)c1ccccc1. The number of carbonyl (C=O) groups excluding carboxylic acids is 2. The number of benzene rings is 2. The highest BCUT2D eigenvalue weighted by Crippen LogP contribution is 2.12. The minimum Gasteiger partial charge on any atom is -0.484 e. The van der Waals surface area contributed by atoms with Crippen molar-refractivity contribution < 1.29 is 14.3 Å². The minimum absolute atomic E-state index is 0.0462. The van der Waals surface area contributed by atoms with Gasteiger partial charge in [0.2, 0.25) is 5.91 Å². The van der Waals surface area contributed by atoms with Crippen LogP contribution in [0.1, 0.15) is 6.92 Å². The molecule has 120 valence electrons. The second-order valence-corrected chi connectivity index (χ2v) is 4.96. The van der Waals surface area contributed by atoms with Crippen LogP contribution >= 0.6 is 0 Å². The summed E-state index contributed by atoms with van der Waals surface area (Å²) in [6, 6.07) is 18.5. The molecule has 0 heterocycles. The van der Waals surface area contributed by atoms with Crippen LogP contribution in [0.5, 0.6) is 5.75 Å². The van der Waals surface area contributed by atoms with Gasteiger partial charge in [-0.1, -0.05) is 36.4 Å². The molecule has 0 spiro atoms. The van der Waals surface area contributed by atoms with E-state index in [1.54, 1.807) is 17.0 Å². The molecule has 2 rings (SSSR count). The van der Waals surface area contributed by atoms with E-state index in [0.29, 0.717) is 18.8 Å². The Morgan fingerprint density at radius 1 is 1.00 bits per heavy atom. The fourth-order valence-electron chi connectivity index (χ4n) is 2.10. The molecule has 2 aromatic rings. The van der Waals surface area contributed by atoms with Gasteiger partial charge in [-0.25, -0.2) is 0 Å². The Kier molecular flexibility index (Phi) is 6.17. The second kappa shape index (κ2) is 8.58. The van der Waals surface area contributed by atoms with Gasteiger partial charge in [-0.2, -0.15) is 0 Å². The molecule has 0 atom stereocenters. The molecule has 0 saturated heterocycles. The Morgan fingerprint density at radius 2 is 1.61 bits per heavy atom. The molecule has 0 aromatic heterocycles. The van der Waals surface area contributed by atoms with Crippen LogP contribution in [-0.2, 0) is 9.59 Å². The molecule has 0 aliphatic heterocycles. The number of para-hydroxylation sites is 2. The van der Waals surface area contributed by atoms with Crippen molar-refractivity contribution in [2.24, 2.45) is 0 Å². The molecule has 0 bridgehead atoms. The van der Waals surface area contributed by atoms with E-state index in [1.807, 2.05) is 48.5 Å². The number of rotatable bonds is 7. The van der Waals surface area contributed by atoms with Gasteiger partial charge in [-0.05, 0) is 24.3 Å². The minimum atomic E-state index is -0.217. The van der Waals surface area contributed by atoms with E-state index in [2.05, 4.69) is 5.32 Å². The molecule has 5 nitrogen and oxygen atoms in total. The molecule has 0 fully saturated rings. The van der Waals surface area contributed by atoms with Crippen LogP contribution in [0.25, 0.3) is 0 Å². The van der Waals surface area contributed by atoms with Crippen molar-refractivity contribution in [2.75, 3.05) is 24.6 Å². The standard InChI is InChI=1S/C18H20N2O3/c1-15(21)20(16-8-4-2-5-9-16)13-12-19-18(22)14-23-17-10-6-3-7-11-17/h2-11H,12-14H2,1H3,(H,19,22). The third kappa shape index (κ3) is 5.47. The lowest BCUT2D eigenvalue weighted by Gasteiger charge is -2.21. The maximum atomic E-state index is 11.8. The van der Waals surface area contributed by atoms with Gasteiger partial charge < -0.3 is 15.0 Å². The summed E-state index contributed by atoms with van der Waals surface area (Å²) in [6.07, 6.45) is 0. The van der Waals surface area contributed by atoms with Crippen molar-refractivity contribution in [3.63, 3.8) is 0 Å². The van der Waals surface area contributed by atoms with Crippen molar-refractivity contribution in [1.82, 2.24) is 5.32 Å². The number of nitrogens with one attached hydrogen (secondary N) is 1. The van der Waals surface area contributed by atoms with Gasteiger partial charge in [0, 0.05) is 25.7 Å². The molecule has 0 aliphatic carbocycles. The molecule has 0 aliphatic rings. The first-order valence-electron chi connectivity index (χ1n) is 7.44. The van der Waals surface area contributed by atoms with E-state index in [-0.39, 0.29) is 18.4 Å². The molecule has 2 amide bonds. The summed E-state index contributed by atoms with van der Waals surface area (Å²) in [5.74, 6) is 0.369. The van der Waals surface area contributed by atoms with Crippen molar-refractivity contribution in [2.45, 2.75) is 6.92 Å². The first-order chi connectivity index (χ1) is 11.2. The second-order valence-electron chi connectivity index (χ2n) is 4.96. The third-order valence-corrected chi connectivity index (χ3v) is 3.22. The van der Waals surface area contributed by atoms with Crippen molar-refractivity contribution in [1.29, 1.82) is 0 Å². The van der Waals surface area contributed by atoms with Gasteiger partial charge in [0.25, 0.3) is 5.91 Å². The monoisotopic (exact) mass is 312 g/mol. The predicted octanol–water partition coefficient (Wildman–Crippen LogP) is 2.23. The molecular formula is C18H20N2O3. The first-order valence-corrected chi connectivity index (χ1v) is 7.44. The van der Waals surface area contributed by atoms with Crippen LogP contribution in [0.3, 0.4) is 0 Å². The van der Waals surface area contributed by atoms with Crippen LogP contribution < -0.4 is 15.0 Å². The van der Waals surface area contributed by atoms with E-state index in [9.17, 15) is 9.59 Å². The van der Waals surface area contributed by atoms with Gasteiger partial charge in [-0.15, -0.1) is 0 Å². The Balaban J connectivity index is 1.76. The van der Waals surface area contributed by atoms with Gasteiger partial charge in [0.15, 0.2) is 6.61 Å².